The van der Waals surface area contributed by atoms with Crippen LogP contribution in [0, 0.1) is 5.41 Å². The number of rotatable bonds is 5. The van der Waals surface area contributed by atoms with Crippen LogP contribution in [0.3, 0.4) is 0 Å². The molecule has 3 aliphatic rings. The molecule has 39 heavy (non-hydrogen) atoms. The van der Waals surface area contributed by atoms with E-state index >= 15 is 0 Å². The molecule has 1 spiro atoms. The summed E-state index contributed by atoms with van der Waals surface area (Å²) in [6.45, 7) is 16.4. The average Bonchev–Trinajstić information content (AvgIpc) is 3.55. The van der Waals surface area contributed by atoms with Crippen LogP contribution in [-0.4, -0.2) is 71.5 Å². The van der Waals surface area contributed by atoms with Crippen molar-refractivity contribution in [1.82, 2.24) is 24.8 Å². The fourth-order valence-electron chi connectivity index (χ4n) is 6.67. The van der Waals surface area contributed by atoms with Gasteiger partial charge < -0.3 is 9.33 Å². The first-order valence-electron chi connectivity index (χ1n) is 14.8. The Morgan fingerprint density at radius 2 is 1.64 bits per heavy atom. The summed E-state index contributed by atoms with van der Waals surface area (Å²) in [6.07, 6.45) is 15.3. The van der Waals surface area contributed by atoms with E-state index in [0.717, 1.165) is 41.2 Å². The first-order chi connectivity index (χ1) is 18.6. The van der Waals surface area contributed by atoms with E-state index in [1.807, 2.05) is 24.5 Å². The van der Waals surface area contributed by atoms with Gasteiger partial charge in [0, 0.05) is 61.3 Å². The summed E-state index contributed by atoms with van der Waals surface area (Å²) in [7, 11) is -1.70. The molecule has 3 aromatic rings. The molecule has 8 heteroatoms. The fourth-order valence-corrected chi connectivity index (χ4v) is 8.07. The first-order valence-corrected chi connectivity index (χ1v) is 17.7. The third-order valence-electron chi connectivity index (χ3n) is 10.1. The van der Waals surface area contributed by atoms with Crippen LogP contribution < -0.4 is 4.90 Å². The van der Waals surface area contributed by atoms with Gasteiger partial charge in [0.05, 0.1) is 11.7 Å². The van der Waals surface area contributed by atoms with Gasteiger partial charge in [-0.05, 0) is 86.8 Å². The molecule has 0 amide bonds. The van der Waals surface area contributed by atoms with Gasteiger partial charge in [-0.3, -0.25) is 14.9 Å². The molecule has 5 heterocycles. The van der Waals surface area contributed by atoms with Crippen LogP contribution in [0.1, 0.15) is 59.3 Å². The molecule has 0 N–H and O–H groups in total. The Balaban J connectivity index is 1.12. The second kappa shape index (κ2) is 10.2. The normalized spacial score (nSPS) is 24.2. The molecule has 2 saturated heterocycles. The van der Waals surface area contributed by atoms with Gasteiger partial charge in [-0.2, -0.15) is 0 Å². The molecule has 7 nitrogen and oxygen atoms in total. The van der Waals surface area contributed by atoms with E-state index < -0.39 is 8.32 Å². The number of fused-ring (bicyclic) bond motifs is 1. The molecule has 0 aromatic carbocycles. The zero-order valence-corrected chi connectivity index (χ0v) is 25.4. The summed E-state index contributed by atoms with van der Waals surface area (Å²) < 4.78 is 6.82. The van der Waals surface area contributed by atoms with Gasteiger partial charge >= 0.3 is 0 Å². The van der Waals surface area contributed by atoms with E-state index in [9.17, 15) is 0 Å². The maximum atomic E-state index is 6.82. The smallest absolute Gasteiger partial charge is 0.192 e. The summed E-state index contributed by atoms with van der Waals surface area (Å²) in [5.74, 6) is 1.79. The minimum Gasteiger partial charge on any atom is -0.414 e. The predicted molar refractivity (Wildman–Crippen MR) is 160 cm³/mol. The lowest BCUT2D eigenvalue weighted by Gasteiger charge is -2.41. The SMILES string of the molecule is CC(C)(C)[Si](C)(C)OC1CCC(N2CCC3(CCN(c4nc(-c5ccncc5)nc5cnccc45)CC3)C2)C1. The van der Waals surface area contributed by atoms with Crippen molar-refractivity contribution in [1.29, 1.82) is 0 Å². The highest BCUT2D eigenvalue weighted by atomic mass is 28.4. The van der Waals surface area contributed by atoms with Crippen LogP contribution in [0.25, 0.3) is 22.3 Å². The van der Waals surface area contributed by atoms with E-state index in [4.69, 9.17) is 14.4 Å². The van der Waals surface area contributed by atoms with Crippen LogP contribution in [0.5, 0.6) is 0 Å². The van der Waals surface area contributed by atoms with Crippen LogP contribution in [-0.2, 0) is 4.43 Å². The molecule has 0 bridgehead atoms. The van der Waals surface area contributed by atoms with Crippen molar-refractivity contribution < 1.29 is 4.43 Å². The minimum absolute atomic E-state index is 0.279. The van der Waals surface area contributed by atoms with Crippen molar-refractivity contribution in [3.05, 3.63) is 43.0 Å². The number of pyridine rings is 2. The largest absolute Gasteiger partial charge is 0.414 e. The van der Waals surface area contributed by atoms with Gasteiger partial charge in [-0.1, -0.05) is 20.8 Å². The lowest BCUT2D eigenvalue weighted by molar-refractivity contribution is 0.152. The van der Waals surface area contributed by atoms with Crippen molar-refractivity contribution in [2.75, 3.05) is 31.1 Å². The first kappa shape index (κ1) is 26.8. The standard InChI is InChI=1S/C31H44N6OSi/c1-30(2,3)39(4,5)38-25-7-6-24(20-25)37-19-13-31(22-37)11-17-36(18-12-31)29-26-10-16-33-21-27(26)34-28(35-29)23-8-14-32-15-9-23/h8-10,14-16,21,24-25H,6-7,11-13,17-20,22H2,1-5H3. The predicted octanol–water partition coefficient (Wildman–Crippen LogP) is 6.32. The highest BCUT2D eigenvalue weighted by Gasteiger charge is 2.46. The van der Waals surface area contributed by atoms with E-state index in [1.54, 1.807) is 12.4 Å². The maximum Gasteiger partial charge on any atom is 0.192 e. The average molecular weight is 545 g/mol. The molecular weight excluding hydrogens is 500 g/mol. The van der Waals surface area contributed by atoms with Crippen molar-refractivity contribution in [3.8, 4) is 11.4 Å². The monoisotopic (exact) mass is 544 g/mol. The van der Waals surface area contributed by atoms with E-state index in [2.05, 4.69) is 59.7 Å². The number of anilines is 1. The summed E-state index contributed by atoms with van der Waals surface area (Å²) in [5, 5.41) is 1.37. The quantitative estimate of drug-likeness (QED) is 0.348. The van der Waals surface area contributed by atoms with Gasteiger partial charge in [-0.25, -0.2) is 9.97 Å². The summed E-state index contributed by atoms with van der Waals surface area (Å²) >= 11 is 0. The maximum absolute atomic E-state index is 6.82. The number of hydrogen-bond donors (Lipinski definition) is 0. The Morgan fingerprint density at radius 1 is 0.923 bits per heavy atom. The summed E-state index contributed by atoms with van der Waals surface area (Å²) in [5.41, 5.74) is 2.33. The summed E-state index contributed by atoms with van der Waals surface area (Å²) in [4.78, 5) is 23.7. The lowest BCUT2D eigenvalue weighted by atomic mass is 9.77. The van der Waals surface area contributed by atoms with Crippen LogP contribution in [0.15, 0.2) is 43.0 Å². The van der Waals surface area contributed by atoms with Gasteiger partial charge in [-0.15, -0.1) is 0 Å². The highest BCUT2D eigenvalue weighted by molar-refractivity contribution is 6.74. The topological polar surface area (TPSA) is 67.3 Å². The highest BCUT2D eigenvalue weighted by Crippen LogP contribution is 2.45. The van der Waals surface area contributed by atoms with Crippen LogP contribution >= 0.6 is 0 Å². The van der Waals surface area contributed by atoms with Gasteiger partial charge in [0.2, 0.25) is 0 Å². The third-order valence-corrected chi connectivity index (χ3v) is 14.7. The number of piperidine rings is 1. The summed E-state index contributed by atoms with van der Waals surface area (Å²) in [6, 6.07) is 6.71. The minimum atomic E-state index is -1.70. The zero-order valence-electron chi connectivity index (χ0n) is 24.4. The Bertz CT molecular complexity index is 1300. The van der Waals surface area contributed by atoms with Gasteiger partial charge in [0.25, 0.3) is 0 Å². The van der Waals surface area contributed by atoms with Crippen molar-refractivity contribution in [2.45, 2.75) is 89.6 Å². The Hall–Kier alpha value is -2.42. The Kier molecular flexibility index (Phi) is 7.00. The number of aromatic nitrogens is 4. The zero-order chi connectivity index (χ0) is 27.3. The van der Waals surface area contributed by atoms with E-state index in [1.165, 1.54) is 51.6 Å². The third kappa shape index (κ3) is 5.35. The fraction of sp³-hybridized carbons (Fsp3) is 0.613. The molecule has 1 aliphatic carbocycles. The molecule has 208 valence electrons. The number of nitrogens with zero attached hydrogens (tertiary/aromatic N) is 6. The molecule has 2 aliphatic heterocycles. The number of likely N-dealkylation sites (tertiary alicyclic amines) is 1. The van der Waals surface area contributed by atoms with Gasteiger partial charge in [0.1, 0.15) is 5.82 Å². The van der Waals surface area contributed by atoms with Crippen LogP contribution in [0.4, 0.5) is 5.82 Å². The lowest BCUT2D eigenvalue weighted by Crippen LogP contribution is -2.44. The second-order valence-corrected chi connectivity index (χ2v) is 18.4. The molecular formula is C31H44N6OSi. The van der Waals surface area contributed by atoms with E-state index in [0.29, 0.717) is 17.6 Å². The van der Waals surface area contributed by atoms with E-state index in [-0.39, 0.29) is 5.04 Å². The van der Waals surface area contributed by atoms with Crippen molar-refractivity contribution >= 4 is 25.0 Å². The molecule has 0 radical (unpaired) electrons. The van der Waals surface area contributed by atoms with Crippen molar-refractivity contribution in [3.63, 3.8) is 0 Å². The van der Waals surface area contributed by atoms with Crippen molar-refractivity contribution in [2.24, 2.45) is 5.41 Å². The molecule has 6 rings (SSSR count). The second-order valence-electron chi connectivity index (χ2n) is 13.7. The molecule has 1 saturated carbocycles. The molecule has 3 aromatic heterocycles. The molecule has 3 fully saturated rings. The molecule has 2 atom stereocenters. The Morgan fingerprint density at radius 3 is 2.38 bits per heavy atom. The number of hydrogen-bond acceptors (Lipinski definition) is 7. The van der Waals surface area contributed by atoms with Gasteiger partial charge in [0.15, 0.2) is 14.1 Å². The molecule has 2 unspecified atom stereocenters. The Labute approximate surface area is 234 Å². The van der Waals surface area contributed by atoms with Crippen LogP contribution in [0.2, 0.25) is 18.1 Å².